The van der Waals surface area contributed by atoms with Gasteiger partial charge in [0, 0.05) is 17.6 Å². The van der Waals surface area contributed by atoms with Crippen LogP contribution in [0.2, 0.25) is 10.0 Å². The van der Waals surface area contributed by atoms with Crippen molar-refractivity contribution in [1.29, 1.82) is 0 Å². The topological polar surface area (TPSA) is 58.6 Å². The molecular formula is C13H17Cl2NO3. The largest absolute Gasteiger partial charge is 0.482 e. The van der Waals surface area contributed by atoms with Gasteiger partial charge in [-0.15, -0.1) is 0 Å². The minimum Gasteiger partial charge on any atom is -0.482 e. The highest BCUT2D eigenvalue weighted by Crippen LogP contribution is 2.27. The van der Waals surface area contributed by atoms with E-state index in [2.05, 4.69) is 5.32 Å². The maximum absolute atomic E-state index is 11.5. The molecule has 1 unspecified atom stereocenters. The summed E-state index contributed by atoms with van der Waals surface area (Å²) in [6, 6.07) is 4.77. The molecule has 19 heavy (non-hydrogen) atoms. The van der Waals surface area contributed by atoms with Crippen LogP contribution in [0, 0.1) is 5.92 Å². The summed E-state index contributed by atoms with van der Waals surface area (Å²) in [5.41, 5.74) is 0. The third-order valence-electron chi connectivity index (χ3n) is 2.53. The van der Waals surface area contributed by atoms with Crippen molar-refractivity contribution >= 4 is 29.1 Å². The maximum atomic E-state index is 11.5. The molecule has 4 nitrogen and oxygen atoms in total. The third kappa shape index (κ3) is 5.68. The van der Waals surface area contributed by atoms with Crippen LogP contribution in [0.3, 0.4) is 0 Å². The predicted octanol–water partition coefficient (Wildman–Crippen LogP) is 2.51. The van der Waals surface area contributed by atoms with E-state index in [1.165, 1.54) is 0 Å². The summed E-state index contributed by atoms with van der Waals surface area (Å²) in [4.78, 5) is 11.5. The normalized spacial score (nSPS) is 12.3. The number of carbonyl (C=O) groups is 1. The lowest BCUT2D eigenvalue weighted by Gasteiger charge is -2.15. The summed E-state index contributed by atoms with van der Waals surface area (Å²) < 4.78 is 5.26. The first kappa shape index (κ1) is 16.1. The molecule has 2 N–H and O–H groups in total. The maximum Gasteiger partial charge on any atom is 0.258 e. The van der Waals surface area contributed by atoms with Crippen LogP contribution < -0.4 is 10.1 Å². The predicted molar refractivity (Wildman–Crippen MR) is 75.8 cm³/mol. The van der Waals surface area contributed by atoms with E-state index in [-0.39, 0.29) is 25.0 Å². The molecule has 1 aromatic rings. The van der Waals surface area contributed by atoms with Gasteiger partial charge < -0.3 is 15.2 Å². The minimum atomic E-state index is -0.571. The molecule has 1 rings (SSSR count). The molecule has 1 aromatic carbocycles. The van der Waals surface area contributed by atoms with Crippen LogP contribution in [0.1, 0.15) is 13.8 Å². The summed E-state index contributed by atoms with van der Waals surface area (Å²) >= 11 is 11.7. The van der Waals surface area contributed by atoms with Gasteiger partial charge in [-0.1, -0.05) is 37.0 Å². The Hall–Kier alpha value is -0.970. The SMILES string of the molecule is CC(C)C(O)CNC(=O)COc1cc(Cl)ccc1Cl. The van der Waals surface area contributed by atoms with Crippen LogP contribution in [0.4, 0.5) is 0 Å². The van der Waals surface area contributed by atoms with Crippen LogP contribution in [0.5, 0.6) is 5.75 Å². The molecule has 0 aliphatic heterocycles. The highest BCUT2D eigenvalue weighted by molar-refractivity contribution is 6.34. The second-order valence-electron chi connectivity index (χ2n) is 4.48. The highest BCUT2D eigenvalue weighted by atomic mass is 35.5. The lowest BCUT2D eigenvalue weighted by atomic mass is 10.1. The van der Waals surface area contributed by atoms with Crippen molar-refractivity contribution in [3.8, 4) is 5.75 Å². The van der Waals surface area contributed by atoms with Gasteiger partial charge in [-0.2, -0.15) is 0 Å². The molecule has 0 aliphatic carbocycles. The number of carbonyl (C=O) groups excluding carboxylic acids is 1. The molecule has 0 fully saturated rings. The number of hydrogen-bond acceptors (Lipinski definition) is 3. The quantitative estimate of drug-likeness (QED) is 0.849. The van der Waals surface area contributed by atoms with Gasteiger partial charge in [0.2, 0.25) is 0 Å². The molecule has 0 aliphatic rings. The van der Waals surface area contributed by atoms with Gasteiger partial charge in [-0.3, -0.25) is 4.79 Å². The number of rotatable bonds is 6. The molecule has 0 bridgehead atoms. The van der Waals surface area contributed by atoms with E-state index in [1.54, 1.807) is 18.2 Å². The lowest BCUT2D eigenvalue weighted by Crippen LogP contribution is -2.37. The van der Waals surface area contributed by atoms with Crippen LogP contribution in [0.25, 0.3) is 0 Å². The fourth-order valence-electron chi connectivity index (χ4n) is 1.24. The average molecular weight is 306 g/mol. The zero-order chi connectivity index (χ0) is 14.4. The number of halogens is 2. The van der Waals surface area contributed by atoms with Crippen molar-refractivity contribution in [2.45, 2.75) is 20.0 Å². The van der Waals surface area contributed by atoms with Gasteiger partial charge in [0.1, 0.15) is 5.75 Å². The number of ether oxygens (including phenoxy) is 1. The van der Waals surface area contributed by atoms with Crippen LogP contribution in [-0.2, 0) is 4.79 Å². The summed E-state index contributed by atoms with van der Waals surface area (Å²) in [6.07, 6.45) is -0.571. The first-order valence-electron chi connectivity index (χ1n) is 5.92. The smallest absolute Gasteiger partial charge is 0.258 e. The van der Waals surface area contributed by atoms with Crippen molar-refractivity contribution in [3.63, 3.8) is 0 Å². The van der Waals surface area contributed by atoms with Gasteiger partial charge >= 0.3 is 0 Å². The molecule has 0 saturated carbocycles. The fraction of sp³-hybridized carbons (Fsp3) is 0.462. The molecule has 1 atom stereocenters. The Bertz CT molecular complexity index is 438. The Kier molecular flexibility index (Phi) is 6.42. The first-order chi connectivity index (χ1) is 8.90. The Balaban J connectivity index is 2.40. The summed E-state index contributed by atoms with van der Waals surface area (Å²) in [5, 5.41) is 13.0. The number of aliphatic hydroxyl groups is 1. The number of hydrogen-bond donors (Lipinski definition) is 2. The molecule has 0 aromatic heterocycles. The lowest BCUT2D eigenvalue weighted by molar-refractivity contribution is -0.123. The first-order valence-corrected chi connectivity index (χ1v) is 6.68. The second-order valence-corrected chi connectivity index (χ2v) is 5.32. The van der Waals surface area contributed by atoms with Crippen molar-refractivity contribution < 1.29 is 14.6 Å². The number of amides is 1. The van der Waals surface area contributed by atoms with E-state index in [4.69, 9.17) is 27.9 Å². The standard InChI is InChI=1S/C13H17Cl2NO3/c1-8(2)11(17)6-16-13(18)7-19-12-5-9(14)3-4-10(12)15/h3-5,8,11,17H,6-7H2,1-2H3,(H,16,18). The monoisotopic (exact) mass is 305 g/mol. The molecule has 0 radical (unpaired) electrons. The molecule has 0 saturated heterocycles. The zero-order valence-electron chi connectivity index (χ0n) is 10.8. The average Bonchev–Trinajstić information content (AvgIpc) is 2.36. The van der Waals surface area contributed by atoms with E-state index < -0.39 is 6.10 Å². The molecule has 0 heterocycles. The van der Waals surface area contributed by atoms with E-state index in [9.17, 15) is 9.90 Å². The summed E-state index contributed by atoms with van der Waals surface area (Å²) in [6.45, 7) is 3.77. The molecule has 106 valence electrons. The van der Waals surface area contributed by atoms with Gasteiger partial charge in [0.05, 0.1) is 11.1 Å². The second kappa shape index (κ2) is 7.58. The van der Waals surface area contributed by atoms with Gasteiger partial charge in [-0.05, 0) is 18.1 Å². The van der Waals surface area contributed by atoms with Crippen molar-refractivity contribution in [1.82, 2.24) is 5.32 Å². The van der Waals surface area contributed by atoms with Gasteiger partial charge in [0.15, 0.2) is 6.61 Å². The third-order valence-corrected chi connectivity index (χ3v) is 3.08. The zero-order valence-corrected chi connectivity index (χ0v) is 12.3. The molecule has 1 amide bonds. The number of benzene rings is 1. The minimum absolute atomic E-state index is 0.0867. The fourth-order valence-corrected chi connectivity index (χ4v) is 1.57. The Morgan fingerprint density at radius 3 is 2.74 bits per heavy atom. The molecule has 6 heteroatoms. The molecular weight excluding hydrogens is 289 g/mol. The van der Waals surface area contributed by atoms with E-state index in [1.807, 2.05) is 13.8 Å². The summed E-state index contributed by atoms with van der Waals surface area (Å²) in [5.74, 6) is 0.119. The number of nitrogens with one attached hydrogen (secondary N) is 1. The van der Waals surface area contributed by atoms with Crippen molar-refractivity contribution in [3.05, 3.63) is 28.2 Å². The Labute approximate surface area is 122 Å². The van der Waals surface area contributed by atoms with E-state index in [0.29, 0.717) is 15.8 Å². The van der Waals surface area contributed by atoms with Gasteiger partial charge in [0.25, 0.3) is 5.91 Å². The van der Waals surface area contributed by atoms with Crippen LogP contribution in [0.15, 0.2) is 18.2 Å². The summed E-state index contributed by atoms with van der Waals surface area (Å²) in [7, 11) is 0. The molecule has 0 spiro atoms. The van der Waals surface area contributed by atoms with Crippen molar-refractivity contribution in [2.24, 2.45) is 5.92 Å². The van der Waals surface area contributed by atoms with Crippen molar-refractivity contribution in [2.75, 3.05) is 13.2 Å². The van der Waals surface area contributed by atoms with E-state index >= 15 is 0 Å². The highest BCUT2D eigenvalue weighted by Gasteiger charge is 2.11. The number of aliphatic hydroxyl groups excluding tert-OH is 1. The Morgan fingerprint density at radius 2 is 2.11 bits per heavy atom. The van der Waals surface area contributed by atoms with Crippen LogP contribution in [-0.4, -0.2) is 30.3 Å². The Morgan fingerprint density at radius 1 is 1.42 bits per heavy atom. The van der Waals surface area contributed by atoms with E-state index in [0.717, 1.165) is 0 Å². The van der Waals surface area contributed by atoms with Crippen LogP contribution >= 0.6 is 23.2 Å². The van der Waals surface area contributed by atoms with Gasteiger partial charge in [-0.25, -0.2) is 0 Å².